The van der Waals surface area contributed by atoms with Gasteiger partial charge in [0.2, 0.25) is 5.82 Å². The number of nitrogens with zero attached hydrogens (tertiary/aromatic N) is 3. The summed E-state index contributed by atoms with van der Waals surface area (Å²) in [6, 6.07) is 5.03. The summed E-state index contributed by atoms with van der Waals surface area (Å²) in [5.74, 6) is 0.0202. The quantitative estimate of drug-likeness (QED) is 0.872. The van der Waals surface area contributed by atoms with E-state index in [4.69, 9.17) is 15.2 Å². The van der Waals surface area contributed by atoms with Crippen LogP contribution in [0.3, 0.4) is 0 Å². The molecule has 129 valence electrons. The van der Waals surface area contributed by atoms with E-state index in [0.717, 1.165) is 5.56 Å². The van der Waals surface area contributed by atoms with Gasteiger partial charge in [-0.25, -0.2) is 9.97 Å². The lowest BCUT2D eigenvalue weighted by atomic mass is 10.0. The van der Waals surface area contributed by atoms with E-state index >= 15 is 0 Å². The number of nitrogens with two attached hydrogens (primary N) is 1. The Labute approximate surface area is 144 Å². The van der Waals surface area contributed by atoms with E-state index in [2.05, 4.69) is 16.2 Å². The summed E-state index contributed by atoms with van der Waals surface area (Å²) in [5.41, 5.74) is 7.00. The van der Waals surface area contributed by atoms with Gasteiger partial charge in [0.05, 0.1) is 38.2 Å². The Kier molecular flexibility index (Phi) is 4.51. The zero-order valence-corrected chi connectivity index (χ0v) is 13.9. The minimum absolute atomic E-state index is 0.102. The fraction of sp³-hybridized carbons (Fsp3) is 0.294. The predicted octanol–water partition coefficient (Wildman–Crippen LogP) is 0.591. The lowest BCUT2D eigenvalue weighted by Crippen LogP contribution is -2.37. The van der Waals surface area contributed by atoms with E-state index in [-0.39, 0.29) is 18.3 Å². The van der Waals surface area contributed by atoms with Gasteiger partial charge in [-0.3, -0.25) is 9.59 Å². The number of carbonyl (C=O) groups excluding carboxylic acids is 2. The number of primary amides is 1. The van der Waals surface area contributed by atoms with Crippen molar-refractivity contribution in [3.8, 4) is 11.5 Å². The minimum Gasteiger partial charge on any atom is -0.497 e. The summed E-state index contributed by atoms with van der Waals surface area (Å²) in [4.78, 5) is 33.7. The zero-order valence-electron chi connectivity index (χ0n) is 13.9. The van der Waals surface area contributed by atoms with Gasteiger partial charge in [0.1, 0.15) is 11.5 Å². The van der Waals surface area contributed by atoms with Crippen LogP contribution in [-0.2, 0) is 13.0 Å². The van der Waals surface area contributed by atoms with E-state index in [1.807, 2.05) is 0 Å². The summed E-state index contributed by atoms with van der Waals surface area (Å²) in [7, 11) is 3.04. The molecule has 0 saturated carbocycles. The summed E-state index contributed by atoms with van der Waals surface area (Å²) in [6.45, 7) is 0.749. The number of hydrogen-bond donors (Lipinski definition) is 1. The summed E-state index contributed by atoms with van der Waals surface area (Å²) in [5, 5.41) is 0. The maximum atomic E-state index is 12.9. The molecule has 0 bridgehead atoms. The highest BCUT2D eigenvalue weighted by Crippen LogP contribution is 2.27. The molecule has 0 unspecified atom stereocenters. The number of carbonyl (C=O) groups is 2. The first-order valence-corrected chi connectivity index (χ1v) is 7.62. The molecule has 0 saturated heterocycles. The van der Waals surface area contributed by atoms with Crippen LogP contribution in [0, 0.1) is 6.20 Å². The molecule has 1 aromatic heterocycles. The fourth-order valence-corrected chi connectivity index (χ4v) is 2.67. The van der Waals surface area contributed by atoms with Crippen molar-refractivity contribution >= 4 is 11.8 Å². The van der Waals surface area contributed by atoms with Crippen molar-refractivity contribution in [2.75, 3.05) is 20.8 Å². The van der Waals surface area contributed by atoms with Crippen LogP contribution in [0.1, 0.15) is 32.2 Å². The summed E-state index contributed by atoms with van der Waals surface area (Å²) in [6.07, 6.45) is 3.34. The maximum Gasteiger partial charge on any atom is 0.286 e. The topological polar surface area (TPSA) is 108 Å². The van der Waals surface area contributed by atoms with Gasteiger partial charge in [0, 0.05) is 18.2 Å². The lowest BCUT2D eigenvalue weighted by Gasteiger charge is -2.28. The van der Waals surface area contributed by atoms with Gasteiger partial charge in [0.25, 0.3) is 11.8 Å². The van der Waals surface area contributed by atoms with Crippen LogP contribution in [0.15, 0.2) is 18.2 Å². The number of rotatable bonds is 4. The molecule has 0 spiro atoms. The minimum atomic E-state index is -0.723. The molecule has 1 aliphatic heterocycles. The number of benzene rings is 1. The molecular weight excluding hydrogens is 324 g/mol. The van der Waals surface area contributed by atoms with Crippen LogP contribution in [0.25, 0.3) is 0 Å². The SMILES string of the molecule is COc1ccc(C(=O)N2CCc3[c]nc(C(N)=O)nc3C2)c(OC)c1. The summed E-state index contributed by atoms with van der Waals surface area (Å²) >= 11 is 0. The van der Waals surface area contributed by atoms with Gasteiger partial charge >= 0.3 is 0 Å². The number of ether oxygens (including phenoxy) is 2. The standard InChI is InChI=1S/C17H17N4O4/c1-24-11-3-4-12(14(7-11)25-2)17(23)21-6-5-10-8-19-16(15(18)22)20-13(10)9-21/h3-4,7H,5-6,9H2,1-2H3,(H2,18,22). The molecule has 25 heavy (non-hydrogen) atoms. The normalized spacial score (nSPS) is 13.1. The Morgan fingerprint density at radius 2 is 2.08 bits per heavy atom. The molecule has 0 atom stereocenters. The van der Waals surface area contributed by atoms with Crippen molar-refractivity contribution in [2.24, 2.45) is 5.73 Å². The van der Waals surface area contributed by atoms with Crippen molar-refractivity contribution < 1.29 is 19.1 Å². The molecule has 2 aromatic rings. The number of methoxy groups -OCH3 is 2. The summed E-state index contributed by atoms with van der Waals surface area (Å²) < 4.78 is 10.4. The smallest absolute Gasteiger partial charge is 0.286 e. The Balaban J connectivity index is 1.87. The van der Waals surface area contributed by atoms with E-state index in [0.29, 0.717) is 35.7 Å². The van der Waals surface area contributed by atoms with Crippen molar-refractivity contribution in [3.05, 3.63) is 47.0 Å². The van der Waals surface area contributed by atoms with Crippen LogP contribution in [0.2, 0.25) is 0 Å². The third kappa shape index (κ3) is 3.23. The van der Waals surface area contributed by atoms with Crippen molar-refractivity contribution in [2.45, 2.75) is 13.0 Å². The first-order chi connectivity index (χ1) is 12.0. The van der Waals surface area contributed by atoms with Crippen LogP contribution in [0.5, 0.6) is 11.5 Å². The van der Waals surface area contributed by atoms with Gasteiger partial charge < -0.3 is 20.1 Å². The van der Waals surface area contributed by atoms with Crippen LogP contribution in [0.4, 0.5) is 0 Å². The highest BCUT2D eigenvalue weighted by Gasteiger charge is 2.26. The van der Waals surface area contributed by atoms with Gasteiger partial charge in [-0.05, 0) is 18.6 Å². The Bertz CT molecular complexity index is 837. The third-order valence-electron chi connectivity index (χ3n) is 4.01. The molecule has 8 heteroatoms. The molecule has 1 radical (unpaired) electrons. The second kappa shape index (κ2) is 6.76. The van der Waals surface area contributed by atoms with Crippen molar-refractivity contribution in [1.82, 2.24) is 14.9 Å². The largest absolute Gasteiger partial charge is 0.497 e. The van der Waals surface area contributed by atoms with Crippen molar-refractivity contribution in [1.29, 1.82) is 0 Å². The Morgan fingerprint density at radius 3 is 2.76 bits per heavy atom. The molecular formula is C17H17N4O4. The highest BCUT2D eigenvalue weighted by atomic mass is 16.5. The fourth-order valence-electron chi connectivity index (χ4n) is 2.67. The second-order valence-electron chi connectivity index (χ2n) is 5.49. The molecule has 0 aliphatic carbocycles. The lowest BCUT2D eigenvalue weighted by molar-refractivity contribution is 0.0728. The van der Waals surface area contributed by atoms with E-state index in [1.165, 1.54) is 7.11 Å². The number of hydrogen-bond acceptors (Lipinski definition) is 6. The van der Waals surface area contributed by atoms with E-state index in [1.54, 1.807) is 30.2 Å². The monoisotopic (exact) mass is 341 g/mol. The van der Waals surface area contributed by atoms with E-state index in [9.17, 15) is 9.59 Å². The number of fused-ring (bicyclic) bond motifs is 1. The first kappa shape index (κ1) is 16.7. The van der Waals surface area contributed by atoms with Crippen molar-refractivity contribution in [3.63, 3.8) is 0 Å². The molecule has 0 fully saturated rings. The molecule has 2 N–H and O–H groups in total. The Hall–Kier alpha value is -3.16. The first-order valence-electron chi connectivity index (χ1n) is 7.62. The van der Waals surface area contributed by atoms with Gasteiger partial charge in [0.15, 0.2) is 0 Å². The van der Waals surface area contributed by atoms with Gasteiger partial charge in [-0.15, -0.1) is 0 Å². The predicted molar refractivity (Wildman–Crippen MR) is 87.4 cm³/mol. The highest BCUT2D eigenvalue weighted by molar-refractivity contribution is 5.97. The number of aromatic nitrogens is 2. The van der Waals surface area contributed by atoms with Gasteiger partial charge in [-0.2, -0.15) is 0 Å². The number of amides is 2. The average Bonchev–Trinajstić information content (AvgIpc) is 2.65. The van der Waals surface area contributed by atoms with Crippen LogP contribution in [-0.4, -0.2) is 47.4 Å². The molecule has 2 amide bonds. The average molecular weight is 341 g/mol. The third-order valence-corrected chi connectivity index (χ3v) is 4.01. The maximum absolute atomic E-state index is 12.9. The molecule has 3 rings (SSSR count). The molecule has 2 heterocycles. The van der Waals surface area contributed by atoms with Crippen LogP contribution < -0.4 is 15.2 Å². The van der Waals surface area contributed by atoms with Crippen LogP contribution >= 0.6 is 0 Å². The second-order valence-corrected chi connectivity index (χ2v) is 5.49. The molecule has 8 nitrogen and oxygen atoms in total. The Morgan fingerprint density at radius 1 is 1.28 bits per heavy atom. The molecule has 1 aliphatic rings. The zero-order chi connectivity index (χ0) is 18.0. The van der Waals surface area contributed by atoms with E-state index < -0.39 is 5.91 Å². The molecule has 1 aromatic carbocycles. The van der Waals surface area contributed by atoms with Gasteiger partial charge in [-0.1, -0.05) is 0 Å².